The summed E-state index contributed by atoms with van der Waals surface area (Å²) in [6, 6.07) is 9.02. The van der Waals surface area contributed by atoms with Gasteiger partial charge in [-0.3, -0.25) is 9.59 Å². The Morgan fingerprint density at radius 2 is 1.71 bits per heavy atom. The van der Waals surface area contributed by atoms with Crippen LogP contribution in [0.1, 0.15) is 27.0 Å². The lowest BCUT2D eigenvalue weighted by Crippen LogP contribution is -2.33. The smallest absolute Gasteiger partial charge is 0.252 e. The maximum absolute atomic E-state index is 12.2. The van der Waals surface area contributed by atoms with Crippen molar-refractivity contribution >= 4 is 51.7 Å². The van der Waals surface area contributed by atoms with Gasteiger partial charge in [0.25, 0.3) is 5.91 Å². The van der Waals surface area contributed by atoms with Crippen LogP contribution in [-0.4, -0.2) is 18.4 Å². The van der Waals surface area contributed by atoms with Crippen molar-refractivity contribution in [2.75, 3.05) is 11.9 Å². The molecule has 0 atom stereocenters. The molecule has 0 aliphatic carbocycles. The molecule has 0 aromatic heterocycles. The Morgan fingerprint density at radius 3 is 2.29 bits per heavy atom. The first-order valence-electron chi connectivity index (χ1n) is 7.39. The first-order chi connectivity index (χ1) is 11.3. The van der Waals surface area contributed by atoms with Crippen LogP contribution in [0.2, 0.25) is 5.02 Å². The van der Waals surface area contributed by atoms with Gasteiger partial charge in [-0.1, -0.05) is 29.3 Å². The molecule has 6 heteroatoms. The molecule has 0 radical (unpaired) electrons. The third kappa shape index (κ3) is 4.70. The summed E-state index contributed by atoms with van der Waals surface area (Å²) < 4.78 is 0.739. The molecule has 2 N–H and O–H groups in total. The van der Waals surface area contributed by atoms with E-state index in [1.807, 2.05) is 55.5 Å². The number of nitrogens with one attached hydrogen (secondary N) is 2. The lowest BCUT2D eigenvalue weighted by molar-refractivity contribution is -0.115. The number of benzene rings is 2. The standard InChI is InChI=1S/C18H18ClIN2O2/c1-10-6-11(2)17(12(3)7-10)22-16(23)9-21-18(24)14-5-4-13(19)8-15(14)20/h4-8H,9H2,1-3H3,(H,21,24)(H,22,23). The van der Waals surface area contributed by atoms with Crippen LogP contribution in [0.5, 0.6) is 0 Å². The predicted molar refractivity (Wildman–Crippen MR) is 106 cm³/mol. The van der Waals surface area contributed by atoms with Crippen molar-refractivity contribution in [2.24, 2.45) is 0 Å². The van der Waals surface area contributed by atoms with E-state index in [9.17, 15) is 9.59 Å². The van der Waals surface area contributed by atoms with Crippen molar-refractivity contribution in [1.29, 1.82) is 0 Å². The van der Waals surface area contributed by atoms with Crippen LogP contribution >= 0.6 is 34.2 Å². The highest BCUT2D eigenvalue weighted by atomic mass is 127. The first-order valence-corrected chi connectivity index (χ1v) is 8.84. The van der Waals surface area contributed by atoms with Crippen molar-refractivity contribution in [1.82, 2.24) is 5.32 Å². The summed E-state index contributed by atoms with van der Waals surface area (Å²) >= 11 is 7.92. The normalized spacial score (nSPS) is 10.4. The van der Waals surface area contributed by atoms with Crippen LogP contribution in [0.3, 0.4) is 0 Å². The third-order valence-electron chi connectivity index (χ3n) is 3.53. The highest BCUT2D eigenvalue weighted by molar-refractivity contribution is 14.1. The van der Waals surface area contributed by atoms with Gasteiger partial charge in [0.15, 0.2) is 0 Å². The van der Waals surface area contributed by atoms with Crippen molar-refractivity contribution < 1.29 is 9.59 Å². The van der Waals surface area contributed by atoms with Crippen molar-refractivity contribution in [3.63, 3.8) is 0 Å². The molecule has 0 spiro atoms. The number of carbonyl (C=O) groups excluding carboxylic acids is 2. The summed E-state index contributed by atoms with van der Waals surface area (Å²) in [6.45, 7) is 5.82. The largest absolute Gasteiger partial charge is 0.343 e. The van der Waals surface area contributed by atoms with Gasteiger partial charge in [-0.05, 0) is 72.7 Å². The molecule has 2 aromatic rings. The van der Waals surface area contributed by atoms with Crippen LogP contribution in [0.4, 0.5) is 5.69 Å². The topological polar surface area (TPSA) is 58.2 Å². The van der Waals surface area contributed by atoms with E-state index >= 15 is 0 Å². The van der Waals surface area contributed by atoms with Crippen LogP contribution in [0.25, 0.3) is 0 Å². The summed E-state index contributed by atoms with van der Waals surface area (Å²) in [4.78, 5) is 24.3. The lowest BCUT2D eigenvalue weighted by Gasteiger charge is -2.13. The molecule has 0 saturated heterocycles. The zero-order chi connectivity index (χ0) is 17.9. The Hall–Kier alpha value is -1.60. The highest BCUT2D eigenvalue weighted by Gasteiger charge is 2.13. The van der Waals surface area contributed by atoms with Crippen LogP contribution in [-0.2, 0) is 4.79 Å². The van der Waals surface area contributed by atoms with Gasteiger partial charge in [-0.15, -0.1) is 0 Å². The van der Waals surface area contributed by atoms with E-state index in [4.69, 9.17) is 11.6 Å². The minimum absolute atomic E-state index is 0.0930. The monoisotopic (exact) mass is 456 g/mol. The number of amides is 2. The number of hydrogen-bond donors (Lipinski definition) is 2. The molecule has 2 amide bonds. The van der Waals surface area contributed by atoms with Crippen molar-refractivity contribution in [2.45, 2.75) is 20.8 Å². The summed E-state index contributed by atoms with van der Waals surface area (Å²) in [6.07, 6.45) is 0. The predicted octanol–water partition coefficient (Wildman–Crippen LogP) is 4.24. The minimum Gasteiger partial charge on any atom is -0.343 e. The zero-order valence-electron chi connectivity index (χ0n) is 13.7. The van der Waals surface area contributed by atoms with E-state index in [1.165, 1.54) is 0 Å². The molecule has 2 aromatic carbocycles. The summed E-state index contributed by atoms with van der Waals surface area (Å²) in [5.41, 5.74) is 4.43. The highest BCUT2D eigenvalue weighted by Crippen LogP contribution is 2.22. The molecule has 126 valence electrons. The van der Waals surface area contributed by atoms with Gasteiger partial charge < -0.3 is 10.6 Å². The quantitative estimate of drug-likeness (QED) is 0.676. The van der Waals surface area contributed by atoms with E-state index in [0.29, 0.717) is 10.6 Å². The molecule has 4 nitrogen and oxygen atoms in total. The molecule has 0 unspecified atom stereocenters. The van der Waals surface area contributed by atoms with Crippen LogP contribution in [0.15, 0.2) is 30.3 Å². The number of hydrogen-bond acceptors (Lipinski definition) is 2. The molecular weight excluding hydrogens is 439 g/mol. The van der Waals surface area contributed by atoms with Gasteiger partial charge >= 0.3 is 0 Å². The molecular formula is C18H18ClIN2O2. The fourth-order valence-corrected chi connectivity index (χ4v) is 3.61. The van der Waals surface area contributed by atoms with Crippen molar-refractivity contribution in [3.8, 4) is 0 Å². The van der Waals surface area contributed by atoms with Gasteiger partial charge in [-0.25, -0.2) is 0 Å². The van der Waals surface area contributed by atoms with E-state index in [0.717, 1.165) is 25.9 Å². The fraction of sp³-hybridized carbons (Fsp3) is 0.222. The maximum atomic E-state index is 12.2. The number of anilines is 1. The van der Waals surface area contributed by atoms with E-state index in [1.54, 1.807) is 18.2 Å². The number of halogens is 2. The Balaban J connectivity index is 2.00. The third-order valence-corrected chi connectivity index (χ3v) is 4.65. The lowest BCUT2D eigenvalue weighted by atomic mass is 10.1. The van der Waals surface area contributed by atoms with Crippen LogP contribution in [0, 0.1) is 24.3 Å². The van der Waals surface area contributed by atoms with Gasteiger partial charge in [0.2, 0.25) is 5.91 Å². The molecule has 0 bridgehead atoms. The second kappa shape index (κ2) is 7.98. The maximum Gasteiger partial charge on any atom is 0.252 e. The first kappa shape index (κ1) is 18.7. The molecule has 24 heavy (non-hydrogen) atoms. The number of carbonyl (C=O) groups is 2. The van der Waals surface area contributed by atoms with Gasteiger partial charge in [-0.2, -0.15) is 0 Å². The molecule has 0 aliphatic heterocycles. The van der Waals surface area contributed by atoms with E-state index < -0.39 is 0 Å². The molecule has 2 rings (SSSR count). The van der Waals surface area contributed by atoms with Gasteiger partial charge in [0, 0.05) is 14.3 Å². The van der Waals surface area contributed by atoms with Crippen LogP contribution < -0.4 is 10.6 Å². The Labute approximate surface area is 160 Å². The summed E-state index contributed by atoms with van der Waals surface area (Å²) in [7, 11) is 0. The van der Waals surface area contributed by atoms with E-state index in [2.05, 4.69) is 10.6 Å². The number of rotatable bonds is 4. The average molecular weight is 457 g/mol. The minimum atomic E-state index is -0.302. The molecule has 0 fully saturated rings. The average Bonchev–Trinajstić information content (AvgIpc) is 2.48. The second-order valence-electron chi connectivity index (χ2n) is 5.63. The SMILES string of the molecule is Cc1cc(C)c(NC(=O)CNC(=O)c2ccc(Cl)cc2I)c(C)c1. The zero-order valence-corrected chi connectivity index (χ0v) is 16.6. The summed E-state index contributed by atoms with van der Waals surface area (Å²) in [5, 5.41) is 6.06. The summed E-state index contributed by atoms with van der Waals surface area (Å²) in [5.74, 6) is -0.564. The van der Waals surface area contributed by atoms with Gasteiger partial charge in [0.1, 0.15) is 0 Å². The molecule has 0 saturated carbocycles. The Kier molecular flexibility index (Phi) is 6.23. The number of aryl methyl sites for hydroxylation is 3. The second-order valence-corrected chi connectivity index (χ2v) is 7.23. The van der Waals surface area contributed by atoms with E-state index in [-0.39, 0.29) is 18.4 Å². The fourth-order valence-electron chi connectivity index (χ4n) is 2.49. The molecule has 0 heterocycles. The Bertz CT molecular complexity index is 783. The Morgan fingerprint density at radius 1 is 1.08 bits per heavy atom. The van der Waals surface area contributed by atoms with Gasteiger partial charge in [0.05, 0.1) is 12.1 Å². The molecule has 0 aliphatic rings. The van der Waals surface area contributed by atoms with Crippen molar-refractivity contribution in [3.05, 3.63) is 61.2 Å².